The van der Waals surface area contributed by atoms with E-state index in [9.17, 15) is 14.4 Å². The van der Waals surface area contributed by atoms with Crippen molar-refractivity contribution in [3.05, 3.63) is 77.9 Å². The predicted molar refractivity (Wildman–Crippen MR) is 126 cm³/mol. The lowest BCUT2D eigenvalue weighted by molar-refractivity contribution is -0.125. The molecule has 4 amide bonds. The molecule has 10 heteroatoms. The first-order chi connectivity index (χ1) is 16.3. The van der Waals surface area contributed by atoms with Crippen LogP contribution in [0.4, 0.5) is 16.2 Å². The monoisotopic (exact) mass is 464 g/mol. The molecule has 0 aliphatic carbocycles. The van der Waals surface area contributed by atoms with Gasteiger partial charge in [-0.3, -0.25) is 9.59 Å². The van der Waals surface area contributed by atoms with E-state index >= 15 is 0 Å². The number of rotatable bonds is 9. The molecule has 0 fully saturated rings. The van der Waals surface area contributed by atoms with Gasteiger partial charge in [-0.15, -0.1) is 0 Å². The van der Waals surface area contributed by atoms with Crippen LogP contribution in [0.25, 0.3) is 0 Å². The van der Waals surface area contributed by atoms with Gasteiger partial charge in [0.1, 0.15) is 5.75 Å². The zero-order chi connectivity index (χ0) is 24.7. The average Bonchev–Trinajstić information content (AvgIpc) is 2.82. The molecule has 34 heavy (non-hydrogen) atoms. The van der Waals surface area contributed by atoms with Gasteiger partial charge in [-0.1, -0.05) is 24.3 Å². The van der Waals surface area contributed by atoms with Crippen LogP contribution >= 0.6 is 0 Å². The number of carbonyl (C=O) groups excluding carboxylic acids is 3. The normalized spacial score (nSPS) is 11.1. The zero-order valence-electron chi connectivity index (χ0n) is 18.5. The van der Waals surface area contributed by atoms with Gasteiger partial charge in [0.05, 0.1) is 19.8 Å². The number of primary amides is 2. The fourth-order valence-corrected chi connectivity index (χ4v) is 3.20. The SMILES string of the molecule is COc1cc(C(N)=O)c(C(Oc2cccc(NC(=O)Nc3ccccc3)c2)C(N)=O)cc1OC. The van der Waals surface area contributed by atoms with Crippen LogP contribution in [0.2, 0.25) is 0 Å². The van der Waals surface area contributed by atoms with E-state index < -0.39 is 23.9 Å². The lowest BCUT2D eigenvalue weighted by Gasteiger charge is -2.21. The Bertz CT molecular complexity index is 1200. The van der Waals surface area contributed by atoms with Crippen LogP contribution in [0, 0.1) is 0 Å². The number of ether oxygens (including phenoxy) is 3. The number of anilines is 2. The summed E-state index contributed by atoms with van der Waals surface area (Å²) in [6.45, 7) is 0. The minimum absolute atomic E-state index is 0.0158. The van der Waals surface area contributed by atoms with E-state index in [-0.39, 0.29) is 28.4 Å². The Kier molecular flexibility index (Phi) is 7.55. The summed E-state index contributed by atoms with van der Waals surface area (Å²) in [5.74, 6) is -0.954. The Morgan fingerprint density at radius 2 is 1.41 bits per heavy atom. The van der Waals surface area contributed by atoms with Gasteiger partial charge < -0.3 is 36.3 Å². The molecular weight excluding hydrogens is 440 g/mol. The number of para-hydroxylation sites is 1. The van der Waals surface area contributed by atoms with Crippen LogP contribution in [0.15, 0.2) is 66.7 Å². The zero-order valence-corrected chi connectivity index (χ0v) is 18.5. The number of nitrogens with one attached hydrogen (secondary N) is 2. The molecule has 1 atom stereocenters. The van der Waals surface area contributed by atoms with Crippen molar-refractivity contribution in [3.8, 4) is 17.2 Å². The van der Waals surface area contributed by atoms with Gasteiger partial charge in [-0.2, -0.15) is 0 Å². The molecule has 0 spiro atoms. The van der Waals surface area contributed by atoms with Gasteiger partial charge in [0.2, 0.25) is 12.0 Å². The summed E-state index contributed by atoms with van der Waals surface area (Å²) in [7, 11) is 2.80. The molecule has 0 heterocycles. The molecule has 0 aromatic heterocycles. The molecule has 1 unspecified atom stereocenters. The molecule has 3 rings (SSSR count). The van der Waals surface area contributed by atoms with E-state index in [0.29, 0.717) is 11.4 Å². The van der Waals surface area contributed by atoms with Crippen LogP contribution in [-0.2, 0) is 4.79 Å². The second kappa shape index (κ2) is 10.7. The molecule has 0 saturated heterocycles. The molecule has 10 nitrogen and oxygen atoms in total. The van der Waals surface area contributed by atoms with E-state index in [1.807, 2.05) is 6.07 Å². The minimum Gasteiger partial charge on any atom is -0.493 e. The standard InChI is InChI=1S/C24H24N4O6/c1-32-19-12-17(18(22(25)29)13-20(19)33-2)21(23(26)30)34-16-10-6-9-15(11-16)28-24(31)27-14-7-4-3-5-8-14/h3-13,21H,1-2H3,(H2,25,29)(H2,26,30)(H2,27,28,31). The molecule has 176 valence electrons. The van der Waals surface area contributed by atoms with Gasteiger partial charge in [-0.25, -0.2) is 4.79 Å². The second-order valence-corrected chi connectivity index (χ2v) is 7.03. The largest absolute Gasteiger partial charge is 0.493 e. The number of benzene rings is 3. The Hall–Kier alpha value is -4.73. The van der Waals surface area contributed by atoms with E-state index in [4.69, 9.17) is 25.7 Å². The van der Waals surface area contributed by atoms with Gasteiger partial charge in [-0.05, 0) is 36.4 Å². The molecular formula is C24H24N4O6. The van der Waals surface area contributed by atoms with Crippen molar-refractivity contribution in [3.63, 3.8) is 0 Å². The lowest BCUT2D eigenvalue weighted by Crippen LogP contribution is -2.29. The van der Waals surface area contributed by atoms with Gasteiger partial charge in [0, 0.05) is 23.0 Å². The highest BCUT2D eigenvalue weighted by Crippen LogP contribution is 2.35. The Balaban J connectivity index is 1.86. The van der Waals surface area contributed by atoms with Gasteiger partial charge >= 0.3 is 6.03 Å². The number of amides is 4. The van der Waals surface area contributed by atoms with Crippen LogP contribution < -0.4 is 36.3 Å². The quantitative estimate of drug-likeness (QED) is 0.381. The van der Waals surface area contributed by atoms with Crippen LogP contribution in [-0.4, -0.2) is 32.1 Å². The Morgan fingerprint density at radius 1 is 0.794 bits per heavy atom. The molecule has 3 aromatic carbocycles. The molecule has 0 aliphatic heterocycles. The van der Waals surface area contributed by atoms with E-state index in [1.54, 1.807) is 42.5 Å². The summed E-state index contributed by atoms with van der Waals surface area (Å²) in [5.41, 5.74) is 12.2. The molecule has 0 saturated carbocycles. The van der Waals surface area contributed by atoms with Crippen molar-refractivity contribution < 1.29 is 28.6 Å². The van der Waals surface area contributed by atoms with Crippen molar-refractivity contribution in [1.82, 2.24) is 0 Å². The third kappa shape index (κ3) is 5.74. The number of hydrogen-bond acceptors (Lipinski definition) is 6. The first-order valence-electron chi connectivity index (χ1n) is 10.1. The van der Waals surface area contributed by atoms with Crippen LogP contribution in [0.3, 0.4) is 0 Å². The molecule has 0 aliphatic rings. The number of methoxy groups -OCH3 is 2. The summed E-state index contributed by atoms with van der Waals surface area (Å²) >= 11 is 0. The predicted octanol–water partition coefficient (Wildman–Crippen LogP) is 3.05. The summed E-state index contributed by atoms with van der Waals surface area (Å²) in [5, 5.41) is 5.38. The van der Waals surface area contributed by atoms with Crippen molar-refractivity contribution in [2.75, 3.05) is 24.9 Å². The third-order valence-corrected chi connectivity index (χ3v) is 4.74. The first-order valence-corrected chi connectivity index (χ1v) is 10.1. The summed E-state index contributed by atoms with van der Waals surface area (Å²) < 4.78 is 16.3. The average molecular weight is 464 g/mol. The number of urea groups is 1. The highest BCUT2D eigenvalue weighted by atomic mass is 16.5. The maximum Gasteiger partial charge on any atom is 0.323 e. The van der Waals surface area contributed by atoms with E-state index in [0.717, 1.165) is 0 Å². The third-order valence-electron chi connectivity index (χ3n) is 4.74. The number of carbonyl (C=O) groups is 3. The number of hydrogen-bond donors (Lipinski definition) is 4. The Morgan fingerprint density at radius 3 is 2.03 bits per heavy atom. The second-order valence-electron chi connectivity index (χ2n) is 7.03. The highest BCUT2D eigenvalue weighted by Gasteiger charge is 2.27. The van der Waals surface area contributed by atoms with Gasteiger partial charge in [0.15, 0.2) is 11.5 Å². The summed E-state index contributed by atoms with van der Waals surface area (Å²) in [4.78, 5) is 36.6. The first kappa shape index (κ1) is 23.9. The fourth-order valence-electron chi connectivity index (χ4n) is 3.20. The van der Waals surface area contributed by atoms with Gasteiger partial charge in [0.25, 0.3) is 5.91 Å². The van der Waals surface area contributed by atoms with E-state index in [1.165, 1.54) is 32.4 Å². The fraction of sp³-hybridized carbons (Fsp3) is 0.125. The highest BCUT2D eigenvalue weighted by molar-refractivity contribution is 6.00. The van der Waals surface area contributed by atoms with Crippen molar-refractivity contribution in [1.29, 1.82) is 0 Å². The smallest absolute Gasteiger partial charge is 0.323 e. The van der Waals surface area contributed by atoms with Crippen molar-refractivity contribution in [2.24, 2.45) is 11.5 Å². The summed E-state index contributed by atoms with van der Waals surface area (Å²) in [6, 6.07) is 17.5. The van der Waals surface area contributed by atoms with E-state index in [2.05, 4.69) is 10.6 Å². The molecule has 3 aromatic rings. The summed E-state index contributed by atoms with van der Waals surface area (Å²) in [6.07, 6.45) is -1.38. The Labute approximate surface area is 195 Å². The van der Waals surface area contributed by atoms with Crippen molar-refractivity contribution in [2.45, 2.75) is 6.10 Å². The van der Waals surface area contributed by atoms with Crippen LogP contribution in [0.1, 0.15) is 22.0 Å². The van der Waals surface area contributed by atoms with Crippen LogP contribution in [0.5, 0.6) is 17.2 Å². The molecule has 0 radical (unpaired) electrons. The maximum absolute atomic E-state index is 12.3. The molecule has 0 bridgehead atoms. The molecule has 6 N–H and O–H groups in total. The van der Waals surface area contributed by atoms with Crippen molar-refractivity contribution >= 4 is 29.2 Å². The lowest BCUT2D eigenvalue weighted by atomic mass is 10.00. The minimum atomic E-state index is -1.38. The number of nitrogens with two attached hydrogens (primary N) is 2. The maximum atomic E-state index is 12.3. The topological polar surface area (TPSA) is 155 Å².